The van der Waals surface area contributed by atoms with Crippen LogP contribution >= 0.6 is 0 Å². The van der Waals surface area contributed by atoms with E-state index in [2.05, 4.69) is 10.6 Å². The van der Waals surface area contributed by atoms with Crippen LogP contribution in [0.5, 0.6) is 0 Å². The molecule has 0 aliphatic heterocycles. The minimum absolute atomic E-state index is 0.0250. The summed E-state index contributed by atoms with van der Waals surface area (Å²) in [5, 5.41) is 23.2. The predicted molar refractivity (Wildman–Crippen MR) is 104 cm³/mol. The number of rotatable bonds is 9. The van der Waals surface area contributed by atoms with E-state index in [9.17, 15) is 28.7 Å². The number of carboxylic acids is 2. The molecule has 158 valence electrons. The lowest BCUT2D eigenvalue weighted by atomic mass is 10.0. The smallest absolute Gasteiger partial charge is 0.335 e. The van der Waals surface area contributed by atoms with Crippen molar-refractivity contribution in [2.24, 2.45) is 0 Å². The van der Waals surface area contributed by atoms with Crippen LogP contribution in [0.2, 0.25) is 0 Å². The van der Waals surface area contributed by atoms with Crippen molar-refractivity contribution in [2.75, 3.05) is 0 Å². The van der Waals surface area contributed by atoms with Crippen molar-refractivity contribution in [2.45, 2.75) is 31.8 Å². The summed E-state index contributed by atoms with van der Waals surface area (Å²) >= 11 is 0. The van der Waals surface area contributed by atoms with Crippen molar-refractivity contribution in [1.29, 1.82) is 0 Å². The average molecular weight is 416 g/mol. The van der Waals surface area contributed by atoms with Crippen LogP contribution < -0.4 is 10.6 Å². The fourth-order valence-corrected chi connectivity index (χ4v) is 2.85. The standard InChI is InChI=1S/C21H21FN2O6/c1-12(25)23-17(11-14-3-2-4-16(22)9-14)19(26)24-18(21(29)30)10-13-5-7-15(8-6-13)20(27)28/h2-9,17-18H,10-11H2,1H3,(H,23,25)(H,24,26)(H,27,28)(H,29,30)/t17-,18+/m1/s1. The summed E-state index contributed by atoms with van der Waals surface area (Å²) in [6.07, 6.45) is -0.115. The van der Waals surface area contributed by atoms with Gasteiger partial charge in [-0.25, -0.2) is 14.0 Å². The number of carbonyl (C=O) groups is 4. The van der Waals surface area contributed by atoms with Gasteiger partial charge in [0, 0.05) is 19.8 Å². The van der Waals surface area contributed by atoms with Gasteiger partial charge in [-0.1, -0.05) is 24.3 Å². The number of carboxylic acid groups (broad SMARTS) is 2. The molecule has 0 spiro atoms. The Morgan fingerprint density at radius 1 is 0.900 bits per heavy atom. The third-order valence-electron chi connectivity index (χ3n) is 4.28. The molecule has 0 bridgehead atoms. The van der Waals surface area contributed by atoms with Crippen molar-refractivity contribution in [3.05, 3.63) is 71.0 Å². The summed E-state index contributed by atoms with van der Waals surface area (Å²) in [6, 6.07) is 8.71. The van der Waals surface area contributed by atoms with Crippen molar-refractivity contribution >= 4 is 23.8 Å². The van der Waals surface area contributed by atoms with E-state index in [0.29, 0.717) is 11.1 Å². The first kappa shape index (κ1) is 22.5. The molecule has 0 saturated heterocycles. The van der Waals surface area contributed by atoms with Gasteiger partial charge in [0.25, 0.3) is 0 Å². The Bertz CT molecular complexity index is 945. The highest BCUT2D eigenvalue weighted by Crippen LogP contribution is 2.10. The lowest BCUT2D eigenvalue weighted by molar-refractivity contribution is -0.142. The molecule has 0 aromatic heterocycles. The Morgan fingerprint density at radius 3 is 2.07 bits per heavy atom. The Labute approximate surface area is 171 Å². The number of hydrogen-bond acceptors (Lipinski definition) is 4. The molecule has 0 aliphatic carbocycles. The maximum atomic E-state index is 13.4. The van der Waals surface area contributed by atoms with Gasteiger partial charge in [0.05, 0.1) is 5.56 Å². The second-order valence-corrected chi connectivity index (χ2v) is 6.69. The van der Waals surface area contributed by atoms with Crippen LogP contribution in [0.1, 0.15) is 28.4 Å². The SMILES string of the molecule is CC(=O)N[C@H](Cc1cccc(F)c1)C(=O)N[C@@H](Cc1ccc(C(=O)O)cc1)C(=O)O. The summed E-state index contributed by atoms with van der Waals surface area (Å²) in [6.45, 7) is 1.21. The first-order chi connectivity index (χ1) is 14.2. The fourth-order valence-electron chi connectivity index (χ4n) is 2.85. The molecule has 0 saturated carbocycles. The molecule has 30 heavy (non-hydrogen) atoms. The lowest BCUT2D eigenvalue weighted by Gasteiger charge is -2.21. The topological polar surface area (TPSA) is 133 Å². The predicted octanol–water partition coefficient (Wildman–Crippen LogP) is 1.38. The van der Waals surface area contributed by atoms with Gasteiger partial charge in [0.2, 0.25) is 11.8 Å². The van der Waals surface area contributed by atoms with Crippen molar-refractivity contribution in [3.8, 4) is 0 Å². The van der Waals surface area contributed by atoms with Gasteiger partial charge < -0.3 is 20.8 Å². The molecule has 0 heterocycles. The van der Waals surface area contributed by atoms with E-state index in [0.717, 1.165) is 0 Å². The third kappa shape index (κ3) is 6.69. The Balaban J connectivity index is 2.13. The summed E-state index contributed by atoms with van der Waals surface area (Å²) < 4.78 is 13.4. The molecule has 0 unspecified atom stereocenters. The Hall–Kier alpha value is -3.75. The van der Waals surface area contributed by atoms with E-state index >= 15 is 0 Å². The van der Waals surface area contributed by atoms with Crippen molar-refractivity contribution in [1.82, 2.24) is 10.6 Å². The highest BCUT2D eigenvalue weighted by Gasteiger charge is 2.26. The maximum Gasteiger partial charge on any atom is 0.335 e. The molecular weight excluding hydrogens is 395 g/mol. The minimum atomic E-state index is -1.31. The summed E-state index contributed by atoms with van der Waals surface area (Å²) in [4.78, 5) is 46.7. The molecule has 0 radical (unpaired) electrons. The second-order valence-electron chi connectivity index (χ2n) is 6.69. The van der Waals surface area contributed by atoms with E-state index in [-0.39, 0.29) is 18.4 Å². The minimum Gasteiger partial charge on any atom is -0.480 e. The van der Waals surface area contributed by atoms with E-state index in [1.54, 1.807) is 6.07 Å². The van der Waals surface area contributed by atoms with E-state index < -0.39 is 41.7 Å². The lowest BCUT2D eigenvalue weighted by Crippen LogP contribution is -2.52. The molecule has 2 aromatic carbocycles. The number of carbonyl (C=O) groups excluding carboxylic acids is 2. The molecule has 2 amide bonds. The molecule has 8 nitrogen and oxygen atoms in total. The van der Waals surface area contributed by atoms with Crippen molar-refractivity contribution < 1.29 is 33.8 Å². The zero-order valence-electron chi connectivity index (χ0n) is 16.1. The number of aliphatic carboxylic acids is 1. The third-order valence-corrected chi connectivity index (χ3v) is 4.28. The monoisotopic (exact) mass is 416 g/mol. The number of aromatic carboxylic acids is 1. The van der Waals surface area contributed by atoms with Crippen LogP contribution in [0.3, 0.4) is 0 Å². The molecule has 2 aromatic rings. The van der Waals surface area contributed by atoms with E-state index in [1.807, 2.05) is 0 Å². The van der Waals surface area contributed by atoms with Gasteiger partial charge in [-0.05, 0) is 35.4 Å². The number of amides is 2. The molecule has 4 N–H and O–H groups in total. The molecule has 2 rings (SSSR count). The maximum absolute atomic E-state index is 13.4. The summed E-state index contributed by atoms with van der Waals surface area (Å²) in [7, 11) is 0. The number of halogens is 1. The molecule has 9 heteroatoms. The second kappa shape index (κ2) is 10.1. The largest absolute Gasteiger partial charge is 0.480 e. The van der Waals surface area contributed by atoms with Crippen LogP contribution in [0, 0.1) is 5.82 Å². The van der Waals surface area contributed by atoms with Crippen LogP contribution in [0.25, 0.3) is 0 Å². The summed E-state index contributed by atoms with van der Waals surface area (Å²) in [5.41, 5.74) is 1.02. The van der Waals surface area contributed by atoms with Crippen molar-refractivity contribution in [3.63, 3.8) is 0 Å². The molecular formula is C21H21FN2O6. The highest BCUT2D eigenvalue weighted by molar-refractivity contribution is 5.90. The van der Waals surface area contributed by atoms with Gasteiger partial charge in [-0.3, -0.25) is 9.59 Å². The zero-order chi connectivity index (χ0) is 22.3. The fraction of sp³-hybridized carbons (Fsp3) is 0.238. The summed E-state index contributed by atoms with van der Waals surface area (Å²) in [5.74, 6) is -4.13. The first-order valence-electron chi connectivity index (χ1n) is 9.02. The number of benzene rings is 2. The van der Waals surface area contributed by atoms with Gasteiger partial charge in [-0.2, -0.15) is 0 Å². The van der Waals surface area contributed by atoms with E-state index in [1.165, 1.54) is 49.4 Å². The first-order valence-corrected chi connectivity index (χ1v) is 9.02. The quantitative estimate of drug-likeness (QED) is 0.488. The van der Waals surface area contributed by atoms with Crippen LogP contribution in [-0.2, 0) is 27.2 Å². The average Bonchev–Trinajstić information content (AvgIpc) is 2.67. The van der Waals surface area contributed by atoms with Gasteiger partial charge in [0.15, 0.2) is 0 Å². The Morgan fingerprint density at radius 2 is 1.53 bits per heavy atom. The van der Waals surface area contributed by atoms with Crippen LogP contribution in [0.4, 0.5) is 4.39 Å². The Kier molecular flexibility index (Phi) is 7.62. The normalized spacial score (nSPS) is 12.5. The molecule has 0 aliphatic rings. The van der Waals surface area contributed by atoms with Crippen LogP contribution in [-0.4, -0.2) is 46.0 Å². The molecule has 2 atom stereocenters. The van der Waals surface area contributed by atoms with E-state index in [4.69, 9.17) is 5.11 Å². The van der Waals surface area contributed by atoms with Crippen LogP contribution in [0.15, 0.2) is 48.5 Å². The zero-order valence-corrected chi connectivity index (χ0v) is 16.1. The van der Waals surface area contributed by atoms with Gasteiger partial charge in [0.1, 0.15) is 17.9 Å². The number of hydrogen-bond donors (Lipinski definition) is 4. The van der Waals surface area contributed by atoms with Gasteiger partial charge in [-0.15, -0.1) is 0 Å². The molecule has 0 fully saturated rings. The van der Waals surface area contributed by atoms with Gasteiger partial charge >= 0.3 is 11.9 Å². The number of nitrogens with one attached hydrogen (secondary N) is 2. The highest BCUT2D eigenvalue weighted by atomic mass is 19.1.